The second kappa shape index (κ2) is 5.51. The van der Waals surface area contributed by atoms with Gasteiger partial charge in [-0.05, 0) is 32.0 Å². The number of benzene rings is 1. The fraction of sp³-hybridized carbons (Fsp3) is 0.308. The predicted octanol–water partition coefficient (Wildman–Crippen LogP) is 0.467. The zero-order chi connectivity index (χ0) is 14.6. The van der Waals surface area contributed by atoms with Crippen LogP contribution in [0.2, 0.25) is 0 Å². The van der Waals surface area contributed by atoms with E-state index in [2.05, 4.69) is 10.1 Å². The molecule has 1 aromatic rings. The van der Waals surface area contributed by atoms with E-state index in [-0.39, 0.29) is 11.1 Å². The molecule has 6 heteroatoms. The van der Waals surface area contributed by atoms with Gasteiger partial charge >= 0.3 is 5.97 Å². The summed E-state index contributed by atoms with van der Waals surface area (Å²) in [6.45, 7) is 3.04. The lowest BCUT2D eigenvalue weighted by Crippen LogP contribution is -2.50. The number of esters is 1. The Hall–Kier alpha value is -2.37. The molecule has 2 amide bonds. The van der Waals surface area contributed by atoms with Crippen LogP contribution >= 0.6 is 0 Å². The highest BCUT2D eigenvalue weighted by molar-refractivity contribution is 6.00. The molecule has 3 N–H and O–H groups in total. The molecule has 0 unspecified atom stereocenters. The number of carbonyl (C=O) groups excluding carboxylic acids is 3. The van der Waals surface area contributed by atoms with Crippen molar-refractivity contribution < 1.29 is 19.1 Å². The minimum Gasteiger partial charge on any atom is -0.467 e. The first-order valence-corrected chi connectivity index (χ1v) is 5.58. The summed E-state index contributed by atoms with van der Waals surface area (Å²) in [6, 6.07) is 5.94. The van der Waals surface area contributed by atoms with Gasteiger partial charge in [0.05, 0.1) is 7.11 Å². The van der Waals surface area contributed by atoms with Gasteiger partial charge in [0.1, 0.15) is 5.54 Å². The van der Waals surface area contributed by atoms with Gasteiger partial charge < -0.3 is 15.8 Å². The van der Waals surface area contributed by atoms with Crippen LogP contribution in [0.3, 0.4) is 0 Å². The Bertz CT molecular complexity index is 523. The number of nitrogens with two attached hydrogens (primary N) is 1. The number of ether oxygens (including phenoxy) is 1. The summed E-state index contributed by atoms with van der Waals surface area (Å²) in [5.74, 6) is -1.67. The van der Waals surface area contributed by atoms with E-state index in [1.165, 1.54) is 39.2 Å². The quantitative estimate of drug-likeness (QED) is 0.772. The third kappa shape index (κ3) is 3.54. The van der Waals surface area contributed by atoms with Gasteiger partial charge in [0, 0.05) is 11.1 Å². The zero-order valence-electron chi connectivity index (χ0n) is 11.0. The molecule has 0 radical (unpaired) electrons. The van der Waals surface area contributed by atoms with Crippen LogP contribution in [0.5, 0.6) is 0 Å². The first-order valence-electron chi connectivity index (χ1n) is 5.58. The summed E-state index contributed by atoms with van der Waals surface area (Å²) in [4.78, 5) is 34.5. The van der Waals surface area contributed by atoms with E-state index in [1.54, 1.807) is 6.07 Å². The van der Waals surface area contributed by atoms with Crippen molar-refractivity contribution in [3.63, 3.8) is 0 Å². The molecule has 0 aromatic heterocycles. The van der Waals surface area contributed by atoms with Crippen molar-refractivity contribution in [2.24, 2.45) is 5.73 Å². The van der Waals surface area contributed by atoms with Gasteiger partial charge in [0.2, 0.25) is 5.91 Å². The lowest BCUT2D eigenvalue weighted by Gasteiger charge is -2.23. The van der Waals surface area contributed by atoms with Gasteiger partial charge in [-0.15, -0.1) is 0 Å². The van der Waals surface area contributed by atoms with Crippen molar-refractivity contribution in [1.82, 2.24) is 5.32 Å². The molecule has 19 heavy (non-hydrogen) atoms. The van der Waals surface area contributed by atoms with Crippen LogP contribution in [0.4, 0.5) is 0 Å². The Morgan fingerprint density at radius 3 is 2.32 bits per heavy atom. The van der Waals surface area contributed by atoms with Gasteiger partial charge in [-0.1, -0.05) is 6.07 Å². The lowest BCUT2D eigenvalue weighted by molar-refractivity contribution is -0.146. The first-order chi connectivity index (χ1) is 8.77. The van der Waals surface area contributed by atoms with Gasteiger partial charge in [-0.25, -0.2) is 4.79 Å². The SMILES string of the molecule is COC(=O)C(C)(C)NC(=O)c1cccc(C(N)=O)c1. The summed E-state index contributed by atoms with van der Waals surface area (Å²) in [5, 5.41) is 2.52. The fourth-order valence-electron chi connectivity index (χ4n) is 1.48. The molecule has 0 atom stereocenters. The predicted molar refractivity (Wildman–Crippen MR) is 68.5 cm³/mol. The van der Waals surface area contributed by atoms with Gasteiger partial charge in [-0.2, -0.15) is 0 Å². The van der Waals surface area contributed by atoms with Crippen LogP contribution in [0.25, 0.3) is 0 Å². The number of hydrogen-bond donors (Lipinski definition) is 2. The van der Waals surface area contributed by atoms with Crippen molar-refractivity contribution in [3.05, 3.63) is 35.4 Å². The number of rotatable bonds is 4. The highest BCUT2D eigenvalue weighted by Gasteiger charge is 2.30. The molecule has 102 valence electrons. The number of methoxy groups -OCH3 is 1. The summed E-state index contributed by atoms with van der Waals surface area (Å²) in [6.07, 6.45) is 0. The van der Waals surface area contributed by atoms with Crippen LogP contribution < -0.4 is 11.1 Å². The molecule has 1 rings (SSSR count). The van der Waals surface area contributed by atoms with Crippen LogP contribution in [-0.4, -0.2) is 30.4 Å². The van der Waals surface area contributed by atoms with E-state index in [4.69, 9.17) is 5.73 Å². The van der Waals surface area contributed by atoms with E-state index in [0.29, 0.717) is 0 Å². The maximum Gasteiger partial charge on any atom is 0.330 e. The number of carbonyl (C=O) groups is 3. The van der Waals surface area contributed by atoms with E-state index < -0.39 is 23.3 Å². The number of amides is 2. The van der Waals surface area contributed by atoms with E-state index in [9.17, 15) is 14.4 Å². The van der Waals surface area contributed by atoms with Gasteiger partial charge in [0.25, 0.3) is 5.91 Å². The summed E-state index contributed by atoms with van der Waals surface area (Å²) in [7, 11) is 1.24. The molecule has 0 bridgehead atoms. The Balaban J connectivity index is 2.93. The summed E-state index contributed by atoms with van der Waals surface area (Å²) in [5.41, 5.74) is 4.45. The van der Waals surface area contributed by atoms with E-state index in [0.717, 1.165) is 0 Å². The number of nitrogens with one attached hydrogen (secondary N) is 1. The Morgan fingerprint density at radius 1 is 1.21 bits per heavy atom. The molecule has 0 fully saturated rings. The molecule has 1 aromatic carbocycles. The molecule has 0 aliphatic rings. The highest BCUT2D eigenvalue weighted by Crippen LogP contribution is 2.09. The van der Waals surface area contributed by atoms with Crippen molar-refractivity contribution >= 4 is 17.8 Å². The third-order valence-electron chi connectivity index (χ3n) is 2.53. The molecule has 0 aliphatic heterocycles. The average molecular weight is 264 g/mol. The first kappa shape index (κ1) is 14.7. The van der Waals surface area contributed by atoms with Gasteiger partial charge in [-0.3, -0.25) is 9.59 Å². The maximum atomic E-state index is 12.0. The molecule has 0 heterocycles. The Morgan fingerprint density at radius 2 is 1.79 bits per heavy atom. The van der Waals surface area contributed by atoms with Crippen molar-refractivity contribution in [2.45, 2.75) is 19.4 Å². The number of hydrogen-bond acceptors (Lipinski definition) is 4. The summed E-state index contributed by atoms with van der Waals surface area (Å²) >= 11 is 0. The second-order valence-electron chi connectivity index (χ2n) is 4.52. The normalized spacial score (nSPS) is 10.7. The van der Waals surface area contributed by atoms with E-state index >= 15 is 0 Å². The summed E-state index contributed by atoms with van der Waals surface area (Å²) < 4.78 is 4.59. The Kier molecular flexibility index (Phi) is 4.26. The molecule has 0 aliphatic carbocycles. The third-order valence-corrected chi connectivity index (χ3v) is 2.53. The average Bonchev–Trinajstić information content (AvgIpc) is 2.37. The van der Waals surface area contributed by atoms with Crippen LogP contribution in [0, 0.1) is 0 Å². The van der Waals surface area contributed by atoms with E-state index in [1.807, 2.05) is 0 Å². The molecular weight excluding hydrogens is 248 g/mol. The standard InChI is InChI=1S/C13H16N2O4/c1-13(2,12(18)19-3)15-11(17)9-6-4-5-8(7-9)10(14)16/h4-7H,1-3H3,(H2,14,16)(H,15,17). The molecular formula is C13H16N2O4. The van der Waals surface area contributed by atoms with Crippen LogP contribution in [-0.2, 0) is 9.53 Å². The van der Waals surface area contributed by atoms with Crippen molar-refractivity contribution in [3.8, 4) is 0 Å². The molecule has 0 spiro atoms. The Labute approximate surface area is 110 Å². The topological polar surface area (TPSA) is 98.5 Å². The minimum atomic E-state index is -1.16. The van der Waals surface area contributed by atoms with Crippen molar-refractivity contribution in [2.75, 3.05) is 7.11 Å². The number of primary amides is 1. The molecule has 0 saturated heterocycles. The van der Waals surface area contributed by atoms with Crippen LogP contribution in [0.15, 0.2) is 24.3 Å². The molecule has 0 saturated carbocycles. The molecule has 6 nitrogen and oxygen atoms in total. The lowest BCUT2D eigenvalue weighted by atomic mass is 10.0. The van der Waals surface area contributed by atoms with Gasteiger partial charge in [0.15, 0.2) is 0 Å². The van der Waals surface area contributed by atoms with Crippen molar-refractivity contribution in [1.29, 1.82) is 0 Å². The smallest absolute Gasteiger partial charge is 0.330 e. The largest absolute Gasteiger partial charge is 0.467 e. The minimum absolute atomic E-state index is 0.225. The maximum absolute atomic E-state index is 12.0. The fourth-order valence-corrected chi connectivity index (χ4v) is 1.48. The monoisotopic (exact) mass is 264 g/mol. The highest BCUT2D eigenvalue weighted by atomic mass is 16.5. The van der Waals surface area contributed by atoms with Crippen LogP contribution in [0.1, 0.15) is 34.6 Å². The second-order valence-corrected chi connectivity index (χ2v) is 4.52. The zero-order valence-corrected chi connectivity index (χ0v) is 11.0.